The van der Waals surface area contributed by atoms with Crippen molar-refractivity contribution < 1.29 is 14.3 Å². The van der Waals surface area contributed by atoms with Crippen LogP contribution in [0.3, 0.4) is 0 Å². The van der Waals surface area contributed by atoms with Crippen LogP contribution in [0.1, 0.15) is 17.5 Å². The maximum Gasteiger partial charge on any atom is 0.304 e. The van der Waals surface area contributed by atoms with Crippen LogP contribution in [0.15, 0.2) is 18.2 Å². The van der Waals surface area contributed by atoms with Crippen LogP contribution in [-0.2, 0) is 11.3 Å². The van der Waals surface area contributed by atoms with Crippen molar-refractivity contribution in [2.45, 2.75) is 25.9 Å². The van der Waals surface area contributed by atoms with Crippen LogP contribution in [0.4, 0.5) is 4.39 Å². The second-order valence-corrected chi connectivity index (χ2v) is 6.02. The molecule has 1 aliphatic rings. The van der Waals surface area contributed by atoms with Gasteiger partial charge >= 0.3 is 5.97 Å². The van der Waals surface area contributed by atoms with Gasteiger partial charge in [-0.3, -0.25) is 9.69 Å². The number of thioether (sulfide) groups is 1. The van der Waals surface area contributed by atoms with Gasteiger partial charge in [0.1, 0.15) is 5.82 Å². The lowest BCUT2D eigenvalue weighted by Gasteiger charge is -2.34. The van der Waals surface area contributed by atoms with Crippen LogP contribution >= 0.6 is 11.8 Å². The largest absolute Gasteiger partial charge is 0.481 e. The van der Waals surface area contributed by atoms with Crippen molar-refractivity contribution in [1.82, 2.24) is 4.90 Å². The monoisotopic (exact) mass is 283 g/mol. The van der Waals surface area contributed by atoms with Gasteiger partial charge in [0.05, 0.1) is 6.42 Å². The molecule has 104 valence electrons. The molecule has 1 heterocycles. The van der Waals surface area contributed by atoms with Gasteiger partial charge in [0, 0.05) is 30.6 Å². The third kappa shape index (κ3) is 3.94. The summed E-state index contributed by atoms with van der Waals surface area (Å²) in [6.45, 7) is 3.48. The van der Waals surface area contributed by atoms with E-state index in [1.165, 1.54) is 12.1 Å². The van der Waals surface area contributed by atoms with E-state index in [4.69, 9.17) is 5.11 Å². The lowest BCUT2D eigenvalue weighted by atomic mass is 10.1. The molecular formula is C14H18FNO2S. The molecule has 1 aromatic rings. The maximum atomic E-state index is 13.1. The van der Waals surface area contributed by atoms with Gasteiger partial charge in [0.2, 0.25) is 0 Å². The van der Waals surface area contributed by atoms with E-state index in [2.05, 4.69) is 4.90 Å². The molecule has 1 atom stereocenters. The van der Waals surface area contributed by atoms with E-state index in [-0.39, 0.29) is 18.3 Å². The summed E-state index contributed by atoms with van der Waals surface area (Å²) in [5.41, 5.74) is 2.00. The van der Waals surface area contributed by atoms with Gasteiger partial charge in [-0.05, 0) is 30.2 Å². The van der Waals surface area contributed by atoms with Gasteiger partial charge in [0.25, 0.3) is 0 Å². The van der Waals surface area contributed by atoms with Crippen molar-refractivity contribution in [2.75, 3.05) is 18.1 Å². The molecule has 1 aromatic carbocycles. The quantitative estimate of drug-likeness (QED) is 0.922. The second-order valence-electron chi connectivity index (χ2n) is 4.87. The lowest BCUT2D eigenvalue weighted by molar-refractivity contribution is -0.138. The number of carboxylic acids is 1. The molecule has 1 aliphatic heterocycles. The average molecular weight is 283 g/mol. The number of carbonyl (C=O) groups is 1. The zero-order valence-corrected chi connectivity index (χ0v) is 11.8. The Labute approximate surface area is 116 Å². The van der Waals surface area contributed by atoms with E-state index in [0.29, 0.717) is 6.54 Å². The molecule has 0 amide bonds. The number of hydrogen-bond donors (Lipinski definition) is 1. The number of benzene rings is 1. The molecular weight excluding hydrogens is 265 g/mol. The smallest absolute Gasteiger partial charge is 0.304 e. The van der Waals surface area contributed by atoms with Crippen molar-refractivity contribution >= 4 is 17.7 Å². The summed E-state index contributed by atoms with van der Waals surface area (Å²) in [5, 5.41) is 8.96. The summed E-state index contributed by atoms with van der Waals surface area (Å²) in [7, 11) is 0. The highest BCUT2D eigenvalue weighted by Gasteiger charge is 2.25. The summed E-state index contributed by atoms with van der Waals surface area (Å²) in [6.07, 6.45) is 0.174. The standard InChI is InChI=1S/C14H18FNO2S/c1-10-6-12(15)3-2-11(10)8-16-4-5-19-9-13(16)7-14(17)18/h2-3,6,13H,4-5,7-9H2,1H3,(H,17,18). The molecule has 1 saturated heterocycles. The first kappa shape index (κ1) is 14.3. The molecule has 0 aliphatic carbocycles. The van der Waals surface area contributed by atoms with Crippen LogP contribution in [-0.4, -0.2) is 40.1 Å². The molecule has 0 bridgehead atoms. The zero-order valence-electron chi connectivity index (χ0n) is 10.9. The Morgan fingerprint density at radius 1 is 1.58 bits per heavy atom. The Balaban J connectivity index is 2.08. The number of aliphatic carboxylic acids is 1. The van der Waals surface area contributed by atoms with Gasteiger partial charge in [-0.1, -0.05) is 6.07 Å². The summed E-state index contributed by atoms with van der Waals surface area (Å²) < 4.78 is 13.1. The average Bonchev–Trinajstić information content (AvgIpc) is 2.34. The minimum atomic E-state index is -0.756. The minimum absolute atomic E-state index is 0.0701. The molecule has 0 aromatic heterocycles. The van der Waals surface area contributed by atoms with E-state index >= 15 is 0 Å². The topological polar surface area (TPSA) is 40.5 Å². The summed E-state index contributed by atoms with van der Waals surface area (Å²) in [5.74, 6) is 0.897. The predicted octanol–water partition coefficient (Wildman–Crippen LogP) is 2.53. The second kappa shape index (κ2) is 6.39. The van der Waals surface area contributed by atoms with E-state index in [0.717, 1.165) is 29.2 Å². The predicted molar refractivity (Wildman–Crippen MR) is 74.9 cm³/mol. The van der Waals surface area contributed by atoms with E-state index < -0.39 is 5.97 Å². The number of carboxylic acid groups (broad SMARTS) is 1. The summed E-state index contributed by atoms with van der Waals surface area (Å²) >= 11 is 1.80. The van der Waals surface area contributed by atoms with Crippen molar-refractivity contribution in [2.24, 2.45) is 0 Å². The van der Waals surface area contributed by atoms with Crippen molar-refractivity contribution in [3.05, 3.63) is 35.1 Å². The van der Waals surface area contributed by atoms with Crippen LogP contribution in [0.5, 0.6) is 0 Å². The Morgan fingerprint density at radius 3 is 3.05 bits per heavy atom. The number of aryl methyl sites for hydroxylation is 1. The first-order chi connectivity index (χ1) is 9.06. The number of nitrogens with zero attached hydrogens (tertiary/aromatic N) is 1. The number of halogens is 1. The van der Waals surface area contributed by atoms with Crippen molar-refractivity contribution in [3.63, 3.8) is 0 Å². The van der Waals surface area contributed by atoms with Crippen LogP contribution in [0.2, 0.25) is 0 Å². The number of hydrogen-bond acceptors (Lipinski definition) is 3. The Bertz CT molecular complexity index is 467. The van der Waals surface area contributed by atoms with Gasteiger partial charge in [-0.15, -0.1) is 0 Å². The fourth-order valence-corrected chi connectivity index (χ4v) is 3.47. The summed E-state index contributed by atoms with van der Waals surface area (Å²) in [4.78, 5) is 13.1. The molecule has 1 unspecified atom stereocenters. The third-order valence-electron chi connectivity index (χ3n) is 3.44. The van der Waals surface area contributed by atoms with Gasteiger partial charge in [-0.25, -0.2) is 4.39 Å². The van der Waals surface area contributed by atoms with Gasteiger partial charge in [-0.2, -0.15) is 11.8 Å². The van der Waals surface area contributed by atoms with E-state index in [1.54, 1.807) is 17.8 Å². The SMILES string of the molecule is Cc1cc(F)ccc1CN1CCSCC1CC(=O)O. The molecule has 5 heteroatoms. The fraction of sp³-hybridized carbons (Fsp3) is 0.500. The summed E-state index contributed by atoms with van der Waals surface area (Å²) in [6, 6.07) is 4.86. The molecule has 0 radical (unpaired) electrons. The molecule has 0 spiro atoms. The molecule has 19 heavy (non-hydrogen) atoms. The fourth-order valence-electron chi connectivity index (χ4n) is 2.34. The van der Waals surface area contributed by atoms with Crippen LogP contribution in [0.25, 0.3) is 0 Å². The molecule has 1 fully saturated rings. The van der Waals surface area contributed by atoms with Crippen molar-refractivity contribution in [3.8, 4) is 0 Å². The van der Waals surface area contributed by atoms with Gasteiger partial charge < -0.3 is 5.11 Å². The third-order valence-corrected chi connectivity index (χ3v) is 4.53. The highest BCUT2D eigenvalue weighted by Crippen LogP contribution is 2.22. The maximum absolute atomic E-state index is 13.1. The molecule has 1 N–H and O–H groups in total. The Kier molecular flexibility index (Phi) is 4.82. The first-order valence-corrected chi connectivity index (χ1v) is 7.50. The zero-order chi connectivity index (χ0) is 13.8. The highest BCUT2D eigenvalue weighted by atomic mass is 32.2. The van der Waals surface area contributed by atoms with Gasteiger partial charge in [0.15, 0.2) is 0 Å². The van der Waals surface area contributed by atoms with E-state index in [1.807, 2.05) is 6.92 Å². The highest BCUT2D eigenvalue weighted by molar-refractivity contribution is 7.99. The van der Waals surface area contributed by atoms with Crippen molar-refractivity contribution in [1.29, 1.82) is 0 Å². The van der Waals surface area contributed by atoms with E-state index in [9.17, 15) is 9.18 Å². The molecule has 0 saturated carbocycles. The first-order valence-electron chi connectivity index (χ1n) is 6.35. The molecule has 3 nitrogen and oxygen atoms in total. The van der Waals surface area contributed by atoms with Crippen LogP contribution < -0.4 is 0 Å². The van der Waals surface area contributed by atoms with Crippen LogP contribution in [0, 0.1) is 12.7 Å². The normalized spacial score (nSPS) is 20.4. The Morgan fingerprint density at radius 2 is 2.37 bits per heavy atom. The number of rotatable bonds is 4. The minimum Gasteiger partial charge on any atom is -0.481 e. The Hall–Kier alpha value is -1.07. The molecule has 2 rings (SSSR count). The lowest BCUT2D eigenvalue weighted by Crippen LogP contribution is -2.43.